The second kappa shape index (κ2) is 4.53. The van der Waals surface area contributed by atoms with E-state index in [1.807, 2.05) is 6.07 Å². The van der Waals surface area contributed by atoms with Crippen molar-refractivity contribution in [1.29, 1.82) is 0 Å². The Morgan fingerprint density at radius 1 is 1.15 bits per heavy atom. The third kappa shape index (κ3) is 1.84. The van der Waals surface area contributed by atoms with E-state index in [1.54, 1.807) is 0 Å². The third-order valence-electron chi connectivity index (χ3n) is 3.73. The van der Waals surface area contributed by atoms with Crippen LogP contribution in [0.3, 0.4) is 0 Å². The molecule has 1 aromatic heterocycles. The van der Waals surface area contributed by atoms with Crippen molar-refractivity contribution in [1.82, 2.24) is 14.8 Å². The number of nitrogens with one attached hydrogen (secondary N) is 1. The predicted molar refractivity (Wildman–Crippen MR) is 85.9 cm³/mol. The molecule has 0 unspecified atom stereocenters. The predicted octanol–water partition coefficient (Wildman–Crippen LogP) is 4.72. The van der Waals surface area contributed by atoms with Crippen molar-refractivity contribution in [3.8, 4) is 5.69 Å². The number of halogens is 1. The number of fused-ring (bicyclic) bond motifs is 1. The smallest absolute Gasteiger partial charge is 0.199 e. The van der Waals surface area contributed by atoms with E-state index < -0.39 is 0 Å². The number of H-pyrrole nitrogens is 1. The second-order valence-electron chi connectivity index (χ2n) is 5.11. The zero-order valence-electron chi connectivity index (χ0n) is 10.6. The van der Waals surface area contributed by atoms with Crippen molar-refractivity contribution in [2.75, 3.05) is 0 Å². The van der Waals surface area contributed by atoms with Crippen LogP contribution in [0.15, 0.2) is 40.9 Å². The summed E-state index contributed by atoms with van der Waals surface area (Å²) < 4.78 is 3.85. The average Bonchev–Trinajstić information content (AvgIpc) is 3.24. The summed E-state index contributed by atoms with van der Waals surface area (Å²) in [5.74, 6) is 1.60. The third-order valence-corrected chi connectivity index (χ3v) is 4.69. The van der Waals surface area contributed by atoms with Crippen LogP contribution in [-0.2, 0) is 0 Å². The summed E-state index contributed by atoms with van der Waals surface area (Å²) in [4.78, 5) is 0. The van der Waals surface area contributed by atoms with Crippen molar-refractivity contribution in [3.63, 3.8) is 0 Å². The highest BCUT2D eigenvalue weighted by atomic mass is 79.9. The molecule has 2 aromatic carbocycles. The van der Waals surface area contributed by atoms with Crippen LogP contribution in [0.5, 0.6) is 0 Å². The Balaban J connectivity index is 2.06. The Bertz CT molecular complexity index is 861. The zero-order chi connectivity index (χ0) is 13.7. The molecular formula is C15H12BrN3S. The minimum absolute atomic E-state index is 0.547. The van der Waals surface area contributed by atoms with E-state index >= 15 is 0 Å². The molecule has 1 aliphatic rings. The molecule has 3 nitrogen and oxygen atoms in total. The van der Waals surface area contributed by atoms with Gasteiger partial charge >= 0.3 is 0 Å². The van der Waals surface area contributed by atoms with E-state index in [2.05, 4.69) is 61.0 Å². The second-order valence-corrected chi connectivity index (χ2v) is 6.35. The number of rotatable bonds is 2. The highest BCUT2D eigenvalue weighted by Gasteiger charge is 2.29. The van der Waals surface area contributed by atoms with Crippen molar-refractivity contribution >= 4 is 38.9 Å². The van der Waals surface area contributed by atoms with Gasteiger partial charge in [0, 0.05) is 15.8 Å². The van der Waals surface area contributed by atoms with Gasteiger partial charge in [0.1, 0.15) is 5.82 Å². The van der Waals surface area contributed by atoms with Gasteiger partial charge in [-0.25, -0.2) is 0 Å². The van der Waals surface area contributed by atoms with Crippen molar-refractivity contribution in [2.24, 2.45) is 0 Å². The van der Waals surface area contributed by atoms with Crippen LogP contribution in [0.4, 0.5) is 0 Å². The molecule has 1 saturated carbocycles. The fourth-order valence-corrected chi connectivity index (χ4v) is 3.31. The summed E-state index contributed by atoms with van der Waals surface area (Å²) in [5.41, 5.74) is 1.10. The van der Waals surface area contributed by atoms with Crippen LogP contribution in [0.1, 0.15) is 24.6 Å². The van der Waals surface area contributed by atoms with Crippen LogP contribution in [0, 0.1) is 4.77 Å². The first-order valence-electron chi connectivity index (χ1n) is 6.60. The van der Waals surface area contributed by atoms with Gasteiger partial charge in [0.05, 0.1) is 5.69 Å². The molecule has 0 atom stereocenters. The Labute approximate surface area is 129 Å². The first-order chi connectivity index (χ1) is 9.75. The van der Waals surface area contributed by atoms with Crippen molar-refractivity contribution in [3.05, 3.63) is 51.5 Å². The fraction of sp³-hybridized carbons (Fsp3) is 0.200. The normalized spacial score (nSPS) is 14.8. The highest BCUT2D eigenvalue weighted by Crippen LogP contribution is 2.40. The lowest BCUT2D eigenvalue weighted by atomic mass is 10.1. The van der Waals surface area contributed by atoms with Gasteiger partial charge in [-0.2, -0.15) is 5.10 Å². The Morgan fingerprint density at radius 3 is 2.65 bits per heavy atom. The Kier molecular flexibility index (Phi) is 2.79. The van der Waals surface area contributed by atoms with E-state index in [9.17, 15) is 0 Å². The van der Waals surface area contributed by atoms with Gasteiger partial charge in [0.2, 0.25) is 0 Å². The molecule has 5 heteroatoms. The monoisotopic (exact) mass is 345 g/mol. The summed E-state index contributed by atoms with van der Waals surface area (Å²) >= 11 is 9.04. The Hall–Kier alpha value is -1.46. The number of nitrogens with zero attached hydrogens (tertiary/aromatic N) is 2. The van der Waals surface area contributed by atoms with Crippen LogP contribution in [0.25, 0.3) is 16.5 Å². The van der Waals surface area contributed by atoms with E-state index in [-0.39, 0.29) is 0 Å². The molecule has 0 spiro atoms. The first-order valence-corrected chi connectivity index (χ1v) is 7.81. The van der Waals surface area contributed by atoms with Gasteiger partial charge in [0.15, 0.2) is 4.77 Å². The molecule has 20 heavy (non-hydrogen) atoms. The number of hydrogen-bond donors (Lipinski definition) is 1. The molecule has 0 amide bonds. The van der Waals surface area contributed by atoms with Crippen LogP contribution >= 0.6 is 28.1 Å². The van der Waals surface area contributed by atoms with E-state index in [0.717, 1.165) is 16.0 Å². The minimum Gasteiger partial charge on any atom is -0.271 e. The lowest BCUT2D eigenvalue weighted by Crippen LogP contribution is -2.01. The molecule has 0 saturated heterocycles. The maximum absolute atomic E-state index is 5.43. The van der Waals surface area contributed by atoms with E-state index in [4.69, 9.17) is 12.2 Å². The largest absolute Gasteiger partial charge is 0.271 e. The van der Waals surface area contributed by atoms with E-state index in [0.29, 0.717) is 10.7 Å². The Morgan fingerprint density at radius 2 is 1.90 bits per heavy atom. The summed E-state index contributed by atoms with van der Waals surface area (Å²) in [6.45, 7) is 0. The molecule has 3 aromatic rings. The first kappa shape index (κ1) is 12.3. The molecule has 1 heterocycles. The fourth-order valence-electron chi connectivity index (χ4n) is 2.60. The van der Waals surface area contributed by atoms with Crippen LogP contribution in [0.2, 0.25) is 0 Å². The zero-order valence-corrected chi connectivity index (χ0v) is 13.0. The van der Waals surface area contributed by atoms with Gasteiger partial charge in [-0.05, 0) is 42.6 Å². The lowest BCUT2D eigenvalue weighted by molar-refractivity contribution is 0.872. The minimum atomic E-state index is 0.547. The maximum atomic E-state index is 5.43. The number of aromatic amines is 1. The van der Waals surface area contributed by atoms with Crippen LogP contribution < -0.4 is 0 Å². The summed E-state index contributed by atoms with van der Waals surface area (Å²) in [6, 6.07) is 12.5. The number of aromatic nitrogens is 3. The number of benzene rings is 2. The van der Waals surface area contributed by atoms with Gasteiger partial charge in [-0.15, -0.1) is 0 Å². The lowest BCUT2D eigenvalue weighted by Gasteiger charge is -2.11. The highest BCUT2D eigenvalue weighted by molar-refractivity contribution is 9.10. The quantitative estimate of drug-likeness (QED) is 0.681. The van der Waals surface area contributed by atoms with Gasteiger partial charge in [-0.1, -0.05) is 40.2 Å². The standard InChI is InChI=1S/C15H12BrN3S/c16-12-7-8-13(11-4-2-1-3-10(11)12)19-14(9-5-6-9)17-18-15(19)20/h1-4,7-9H,5-6H2,(H,18,20). The van der Waals surface area contributed by atoms with Crippen LogP contribution in [-0.4, -0.2) is 14.8 Å². The molecular weight excluding hydrogens is 334 g/mol. The van der Waals surface area contributed by atoms with E-state index in [1.165, 1.54) is 23.6 Å². The molecule has 1 fully saturated rings. The maximum Gasteiger partial charge on any atom is 0.199 e. The topological polar surface area (TPSA) is 33.6 Å². The number of hydrogen-bond acceptors (Lipinski definition) is 2. The summed E-state index contributed by atoms with van der Waals surface area (Å²) in [5, 5.41) is 9.73. The SMILES string of the molecule is S=c1[nH]nc(C2CC2)n1-c1ccc(Br)c2ccccc12. The molecule has 4 rings (SSSR count). The van der Waals surface area contributed by atoms with Gasteiger partial charge in [0.25, 0.3) is 0 Å². The molecule has 0 radical (unpaired) electrons. The molecule has 100 valence electrons. The molecule has 1 aliphatic carbocycles. The molecule has 1 N–H and O–H groups in total. The molecule has 0 aliphatic heterocycles. The van der Waals surface area contributed by atoms with Gasteiger partial charge < -0.3 is 0 Å². The van der Waals surface area contributed by atoms with Crippen molar-refractivity contribution in [2.45, 2.75) is 18.8 Å². The van der Waals surface area contributed by atoms with Gasteiger partial charge in [-0.3, -0.25) is 9.67 Å². The summed E-state index contributed by atoms with van der Waals surface area (Å²) in [7, 11) is 0. The molecule has 0 bridgehead atoms. The van der Waals surface area contributed by atoms with Crippen molar-refractivity contribution < 1.29 is 0 Å². The average molecular weight is 346 g/mol. The summed E-state index contributed by atoms with van der Waals surface area (Å²) in [6.07, 6.45) is 2.40.